The van der Waals surface area contributed by atoms with Crippen LogP contribution in [0.25, 0.3) is 0 Å². The minimum atomic E-state index is -3.68. The summed E-state index contributed by atoms with van der Waals surface area (Å²) in [5.74, 6) is 1.19. The van der Waals surface area contributed by atoms with Crippen molar-refractivity contribution in [1.29, 1.82) is 0 Å². The van der Waals surface area contributed by atoms with Gasteiger partial charge in [-0.15, -0.1) is 0 Å². The quantitative estimate of drug-likeness (QED) is 0.793. The molecule has 7 heteroatoms. The van der Waals surface area contributed by atoms with Crippen LogP contribution in [0.5, 0.6) is 11.5 Å². The molecular weight excluding hydrogens is 362 g/mol. The molecule has 0 saturated heterocycles. The van der Waals surface area contributed by atoms with Gasteiger partial charge in [0.05, 0.1) is 24.1 Å². The van der Waals surface area contributed by atoms with Gasteiger partial charge in [-0.3, -0.25) is 0 Å². The Hall–Kier alpha value is -1.76. The Morgan fingerprint density at radius 3 is 2.20 bits per heavy atom. The molecule has 0 aliphatic carbocycles. The monoisotopic (exact) mass is 383 g/mol. The van der Waals surface area contributed by atoms with E-state index in [0.29, 0.717) is 5.75 Å². The summed E-state index contributed by atoms with van der Waals surface area (Å²) in [4.78, 5) is 0.101. The Labute approximate surface area is 154 Å². The SMILES string of the molecule is COc1ccc(C(C)(C)CNS(=O)(=O)c2ccc(OC)c(Cl)c2)cc1. The average molecular weight is 384 g/mol. The van der Waals surface area contributed by atoms with Crippen molar-refractivity contribution in [2.24, 2.45) is 0 Å². The van der Waals surface area contributed by atoms with E-state index in [1.54, 1.807) is 7.11 Å². The van der Waals surface area contributed by atoms with Gasteiger partial charge in [0, 0.05) is 12.0 Å². The third-order valence-corrected chi connectivity index (χ3v) is 5.70. The molecule has 0 spiro atoms. The Morgan fingerprint density at radius 2 is 1.68 bits per heavy atom. The number of halogens is 1. The molecule has 136 valence electrons. The first-order valence-corrected chi connectivity index (χ1v) is 9.53. The highest BCUT2D eigenvalue weighted by Crippen LogP contribution is 2.28. The third-order valence-electron chi connectivity index (χ3n) is 4.01. The summed E-state index contributed by atoms with van der Waals surface area (Å²) in [5.41, 5.74) is 0.610. The molecule has 0 aromatic heterocycles. The molecule has 0 amide bonds. The molecule has 5 nitrogen and oxygen atoms in total. The summed E-state index contributed by atoms with van der Waals surface area (Å²) >= 11 is 6.02. The summed E-state index contributed by atoms with van der Waals surface area (Å²) in [5, 5.41) is 0.250. The summed E-state index contributed by atoms with van der Waals surface area (Å²) in [6.45, 7) is 4.18. The van der Waals surface area contributed by atoms with E-state index in [-0.39, 0.29) is 16.5 Å². The van der Waals surface area contributed by atoms with Crippen LogP contribution >= 0.6 is 11.6 Å². The van der Waals surface area contributed by atoms with Gasteiger partial charge in [0.1, 0.15) is 11.5 Å². The second-order valence-electron chi connectivity index (χ2n) is 6.23. The Kier molecular flexibility index (Phi) is 5.98. The zero-order chi connectivity index (χ0) is 18.7. The van der Waals surface area contributed by atoms with Crippen LogP contribution in [0.4, 0.5) is 0 Å². The van der Waals surface area contributed by atoms with Crippen LogP contribution < -0.4 is 14.2 Å². The van der Waals surface area contributed by atoms with E-state index in [1.807, 2.05) is 38.1 Å². The van der Waals surface area contributed by atoms with Crippen LogP contribution in [-0.2, 0) is 15.4 Å². The van der Waals surface area contributed by atoms with E-state index in [9.17, 15) is 8.42 Å². The first-order chi connectivity index (χ1) is 11.7. The molecule has 0 heterocycles. The van der Waals surface area contributed by atoms with Crippen molar-refractivity contribution < 1.29 is 17.9 Å². The van der Waals surface area contributed by atoms with Crippen molar-refractivity contribution in [1.82, 2.24) is 4.72 Å². The highest BCUT2D eigenvalue weighted by molar-refractivity contribution is 7.89. The minimum Gasteiger partial charge on any atom is -0.497 e. The lowest BCUT2D eigenvalue weighted by atomic mass is 9.85. The number of hydrogen-bond acceptors (Lipinski definition) is 4. The van der Waals surface area contributed by atoms with Crippen molar-refractivity contribution >= 4 is 21.6 Å². The van der Waals surface area contributed by atoms with Crippen LogP contribution in [0.3, 0.4) is 0 Å². The van der Waals surface area contributed by atoms with E-state index in [4.69, 9.17) is 21.1 Å². The Morgan fingerprint density at radius 1 is 1.04 bits per heavy atom. The maximum absolute atomic E-state index is 12.5. The molecule has 2 aromatic rings. The second-order valence-corrected chi connectivity index (χ2v) is 8.41. The molecule has 25 heavy (non-hydrogen) atoms. The van der Waals surface area contributed by atoms with E-state index < -0.39 is 15.4 Å². The molecule has 0 fully saturated rings. The van der Waals surface area contributed by atoms with Gasteiger partial charge in [-0.05, 0) is 35.9 Å². The zero-order valence-corrected chi connectivity index (χ0v) is 16.2. The van der Waals surface area contributed by atoms with Gasteiger partial charge >= 0.3 is 0 Å². The number of rotatable bonds is 7. The molecule has 0 radical (unpaired) electrons. The summed E-state index contributed by atoms with van der Waals surface area (Å²) < 4.78 is 37.9. The molecular formula is C18H22ClNO4S. The van der Waals surface area contributed by atoms with Gasteiger partial charge in [0.2, 0.25) is 10.0 Å². The lowest BCUT2D eigenvalue weighted by molar-refractivity contribution is 0.413. The first-order valence-electron chi connectivity index (χ1n) is 7.67. The highest BCUT2D eigenvalue weighted by Gasteiger charge is 2.24. The van der Waals surface area contributed by atoms with E-state index in [2.05, 4.69) is 4.72 Å². The van der Waals surface area contributed by atoms with Crippen molar-refractivity contribution in [2.45, 2.75) is 24.2 Å². The Bertz CT molecular complexity index is 833. The van der Waals surface area contributed by atoms with Crippen LogP contribution in [0.15, 0.2) is 47.4 Å². The molecule has 0 saturated carbocycles. The van der Waals surface area contributed by atoms with E-state index in [1.165, 1.54) is 25.3 Å². The van der Waals surface area contributed by atoms with Gasteiger partial charge in [-0.25, -0.2) is 13.1 Å². The number of benzene rings is 2. The largest absolute Gasteiger partial charge is 0.497 e. The molecule has 1 N–H and O–H groups in total. The number of nitrogens with one attached hydrogen (secondary N) is 1. The van der Waals surface area contributed by atoms with Gasteiger partial charge in [-0.2, -0.15) is 0 Å². The normalized spacial score (nSPS) is 12.0. The molecule has 0 aliphatic heterocycles. The summed E-state index contributed by atoms with van der Waals surface area (Å²) in [6, 6.07) is 11.9. The lowest BCUT2D eigenvalue weighted by Crippen LogP contribution is -2.36. The smallest absolute Gasteiger partial charge is 0.240 e. The van der Waals surface area contributed by atoms with Gasteiger partial charge < -0.3 is 9.47 Å². The number of sulfonamides is 1. The maximum Gasteiger partial charge on any atom is 0.240 e. The first kappa shape index (κ1) is 19.6. The summed E-state index contributed by atoms with van der Waals surface area (Å²) in [7, 11) is -0.594. The van der Waals surface area contributed by atoms with Crippen molar-refractivity contribution in [3.63, 3.8) is 0 Å². The topological polar surface area (TPSA) is 64.6 Å². The van der Waals surface area contributed by atoms with Crippen LogP contribution in [-0.4, -0.2) is 29.2 Å². The van der Waals surface area contributed by atoms with Crippen LogP contribution in [0.1, 0.15) is 19.4 Å². The van der Waals surface area contributed by atoms with E-state index >= 15 is 0 Å². The fourth-order valence-corrected chi connectivity index (χ4v) is 3.88. The van der Waals surface area contributed by atoms with Crippen LogP contribution in [0.2, 0.25) is 5.02 Å². The predicted molar refractivity (Wildman–Crippen MR) is 99.2 cm³/mol. The predicted octanol–water partition coefficient (Wildman–Crippen LogP) is 3.61. The van der Waals surface area contributed by atoms with Gasteiger partial charge in [0.25, 0.3) is 0 Å². The standard InChI is InChI=1S/C18H22ClNO4S/c1-18(2,13-5-7-14(23-3)8-6-13)12-20-25(21,22)15-9-10-17(24-4)16(19)11-15/h5-11,20H,12H2,1-4H3. The maximum atomic E-state index is 12.5. The third kappa shape index (κ3) is 4.66. The van der Waals surface area contributed by atoms with Gasteiger partial charge in [0.15, 0.2) is 0 Å². The Balaban J connectivity index is 2.15. The fourth-order valence-electron chi connectivity index (χ4n) is 2.32. The number of ether oxygens (including phenoxy) is 2. The van der Waals surface area contributed by atoms with Crippen molar-refractivity contribution in [3.05, 3.63) is 53.1 Å². The van der Waals surface area contributed by atoms with E-state index in [0.717, 1.165) is 11.3 Å². The molecule has 0 atom stereocenters. The van der Waals surface area contributed by atoms with Crippen molar-refractivity contribution in [3.8, 4) is 11.5 Å². The summed E-state index contributed by atoms with van der Waals surface area (Å²) in [6.07, 6.45) is 0. The number of methoxy groups -OCH3 is 2. The lowest BCUT2D eigenvalue weighted by Gasteiger charge is -2.26. The highest BCUT2D eigenvalue weighted by atomic mass is 35.5. The zero-order valence-electron chi connectivity index (χ0n) is 14.7. The molecule has 2 aromatic carbocycles. The second kappa shape index (κ2) is 7.64. The number of hydrogen-bond donors (Lipinski definition) is 1. The van der Waals surface area contributed by atoms with Crippen LogP contribution in [0, 0.1) is 0 Å². The van der Waals surface area contributed by atoms with Gasteiger partial charge in [-0.1, -0.05) is 37.6 Å². The minimum absolute atomic E-state index is 0.101. The average Bonchev–Trinajstić information content (AvgIpc) is 2.60. The fraction of sp³-hybridized carbons (Fsp3) is 0.333. The molecule has 0 bridgehead atoms. The molecule has 0 unspecified atom stereocenters. The molecule has 2 rings (SSSR count). The molecule has 0 aliphatic rings. The van der Waals surface area contributed by atoms with Crippen molar-refractivity contribution in [2.75, 3.05) is 20.8 Å².